The fourth-order valence-corrected chi connectivity index (χ4v) is 3.28. The van der Waals surface area contributed by atoms with Crippen molar-refractivity contribution in [3.63, 3.8) is 0 Å². The van der Waals surface area contributed by atoms with Crippen LogP contribution in [-0.4, -0.2) is 35.6 Å². The van der Waals surface area contributed by atoms with Crippen LogP contribution in [0.3, 0.4) is 0 Å². The molecule has 1 amide bonds. The van der Waals surface area contributed by atoms with E-state index in [1.165, 1.54) is 12.8 Å². The lowest BCUT2D eigenvalue weighted by molar-refractivity contribution is 0.0758. The van der Waals surface area contributed by atoms with Gasteiger partial charge in [-0.3, -0.25) is 4.79 Å². The number of hydrogen-bond donors (Lipinski definition) is 0. The van der Waals surface area contributed by atoms with Crippen molar-refractivity contribution in [2.75, 3.05) is 20.2 Å². The summed E-state index contributed by atoms with van der Waals surface area (Å²) in [6, 6.07) is 7.41. The number of rotatable bonds is 3. The molecule has 2 aromatic rings. The molecule has 0 N–H and O–H groups in total. The summed E-state index contributed by atoms with van der Waals surface area (Å²) in [5, 5.41) is 0.542. The van der Waals surface area contributed by atoms with Crippen LogP contribution in [0.5, 0.6) is 5.75 Å². The van der Waals surface area contributed by atoms with Gasteiger partial charge in [0.05, 0.1) is 23.4 Å². The summed E-state index contributed by atoms with van der Waals surface area (Å²) in [6.07, 6.45) is 8.32. The third-order valence-electron chi connectivity index (χ3n) is 4.28. The average molecular weight is 333 g/mol. The van der Waals surface area contributed by atoms with Crippen molar-refractivity contribution in [2.45, 2.75) is 25.7 Å². The lowest BCUT2D eigenvalue weighted by Gasteiger charge is -2.22. The smallest absolute Gasteiger partial charge is 0.257 e. The molecule has 0 unspecified atom stereocenters. The summed E-state index contributed by atoms with van der Waals surface area (Å²) in [4.78, 5) is 14.8. The maximum absolute atomic E-state index is 12.9. The molecular formula is C18H21ClN2O2. The maximum Gasteiger partial charge on any atom is 0.257 e. The van der Waals surface area contributed by atoms with E-state index in [9.17, 15) is 4.79 Å². The van der Waals surface area contributed by atoms with E-state index in [4.69, 9.17) is 16.3 Å². The molecule has 1 aromatic heterocycles. The van der Waals surface area contributed by atoms with Gasteiger partial charge in [-0.25, -0.2) is 0 Å². The van der Waals surface area contributed by atoms with E-state index in [1.807, 2.05) is 40.1 Å². The molecule has 0 atom stereocenters. The van der Waals surface area contributed by atoms with E-state index >= 15 is 0 Å². The van der Waals surface area contributed by atoms with Gasteiger partial charge in [-0.1, -0.05) is 24.4 Å². The second kappa shape index (κ2) is 7.09. The molecule has 1 aliphatic rings. The molecule has 1 saturated heterocycles. The number of hydrogen-bond acceptors (Lipinski definition) is 2. The number of methoxy groups -OCH3 is 1. The number of halogens is 1. The average Bonchev–Trinajstić information content (AvgIpc) is 2.96. The molecule has 1 aliphatic heterocycles. The number of aromatic nitrogens is 1. The van der Waals surface area contributed by atoms with Gasteiger partial charge in [-0.15, -0.1) is 0 Å². The highest BCUT2D eigenvalue weighted by atomic mass is 35.5. The normalized spacial score (nSPS) is 15.3. The largest absolute Gasteiger partial charge is 0.496 e. The molecule has 0 aliphatic carbocycles. The molecule has 1 fully saturated rings. The highest BCUT2D eigenvalue weighted by Crippen LogP contribution is 2.31. The zero-order valence-electron chi connectivity index (χ0n) is 13.3. The Kier molecular flexibility index (Phi) is 4.91. The van der Waals surface area contributed by atoms with Crippen molar-refractivity contribution >= 4 is 17.5 Å². The molecule has 1 aromatic carbocycles. The Morgan fingerprint density at radius 1 is 1.09 bits per heavy atom. The fraction of sp³-hybridized carbons (Fsp3) is 0.389. The van der Waals surface area contributed by atoms with Crippen molar-refractivity contribution in [1.82, 2.24) is 9.47 Å². The van der Waals surface area contributed by atoms with Crippen molar-refractivity contribution in [3.05, 3.63) is 47.2 Å². The highest BCUT2D eigenvalue weighted by Gasteiger charge is 2.22. The molecule has 0 bridgehead atoms. The molecule has 23 heavy (non-hydrogen) atoms. The van der Waals surface area contributed by atoms with Crippen molar-refractivity contribution < 1.29 is 9.53 Å². The third-order valence-corrected chi connectivity index (χ3v) is 4.58. The van der Waals surface area contributed by atoms with Crippen LogP contribution in [0.4, 0.5) is 0 Å². The first-order chi connectivity index (χ1) is 11.2. The summed E-state index contributed by atoms with van der Waals surface area (Å²) in [6.45, 7) is 1.61. The summed E-state index contributed by atoms with van der Waals surface area (Å²) in [7, 11) is 1.59. The topological polar surface area (TPSA) is 34.5 Å². The lowest BCUT2D eigenvalue weighted by Crippen LogP contribution is -2.32. The Labute approximate surface area is 141 Å². The molecule has 2 heterocycles. The third kappa shape index (κ3) is 3.37. The predicted octanol–water partition coefficient (Wildman–Crippen LogP) is 4.16. The SMILES string of the molecule is COc1cc(-n2cccc2)c(Cl)cc1C(=O)N1CCCCCC1. The highest BCUT2D eigenvalue weighted by molar-refractivity contribution is 6.33. The first kappa shape index (κ1) is 15.9. The number of carbonyl (C=O) groups excluding carboxylic acids is 1. The first-order valence-electron chi connectivity index (χ1n) is 8.01. The van der Waals surface area contributed by atoms with Crippen LogP contribution in [0, 0.1) is 0 Å². The zero-order chi connectivity index (χ0) is 16.2. The van der Waals surface area contributed by atoms with Crippen LogP contribution in [-0.2, 0) is 0 Å². The minimum Gasteiger partial charge on any atom is -0.496 e. The number of ether oxygens (including phenoxy) is 1. The van der Waals surface area contributed by atoms with E-state index in [0.29, 0.717) is 16.3 Å². The minimum atomic E-state index is 0.00436. The Morgan fingerprint density at radius 3 is 2.35 bits per heavy atom. The van der Waals surface area contributed by atoms with Gasteiger partial charge in [-0.2, -0.15) is 0 Å². The van der Waals surface area contributed by atoms with Gasteiger partial charge in [0.15, 0.2) is 0 Å². The Hall–Kier alpha value is -1.94. The van der Waals surface area contributed by atoms with E-state index in [2.05, 4.69) is 0 Å². The standard InChI is InChI=1S/C18H21ClN2O2/c1-23-17-13-16(20-8-6-7-9-20)15(19)12-14(17)18(22)21-10-4-2-3-5-11-21/h6-9,12-13H,2-5,10-11H2,1H3. The maximum atomic E-state index is 12.9. The summed E-state index contributed by atoms with van der Waals surface area (Å²) < 4.78 is 7.37. The Bertz CT molecular complexity index is 675. The van der Waals surface area contributed by atoms with Crippen LogP contribution in [0.25, 0.3) is 5.69 Å². The second-order valence-corrected chi connectivity index (χ2v) is 6.21. The molecular weight excluding hydrogens is 312 g/mol. The van der Waals surface area contributed by atoms with Crippen LogP contribution in [0.15, 0.2) is 36.7 Å². The quantitative estimate of drug-likeness (QED) is 0.846. The van der Waals surface area contributed by atoms with Crippen molar-refractivity contribution in [3.8, 4) is 11.4 Å². The molecule has 122 valence electrons. The molecule has 3 rings (SSSR count). The Morgan fingerprint density at radius 2 is 1.74 bits per heavy atom. The van der Waals surface area contributed by atoms with Gasteiger partial charge in [0.2, 0.25) is 0 Å². The number of benzene rings is 1. The van der Waals surface area contributed by atoms with Crippen LogP contribution in [0.1, 0.15) is 36.0 Å². The minimum absolute atomic E-state index is 0.00436. The summed E-state index contributed by atoms with van der Waals surface area (Å²) in [5.74, 6) is 0.567. The Balaban J connectivity index is 1.95. The van der Waals surface area contributed by atoms with Crippen LogP contribution >= 0.6 is 11.6 Å². The van der Waals surface area contributed by atoms with E-state index < -0.39 is 0 Å². The molecule has 0 spiro atoms. The van der Waals surface area contributed by atoms with Gasteiger partial charge < -0.3 is 14.2 Å². The number of nitrogens with zero attached hydrogens (tertiary/aromatic N) is 2. The molecule has 0 radical (unpaired) electrons. The summed E-state index contributed by atoms with van der Waals surface area (Å²) >= 11 is 6.42. The van der Waals surface area contributed by atoms with Crippen molar-refractivity contribution in [1.29, 1.82) is 0 Å². The van der Waals surface area contributed by atoms with Gasteiger partial charge in [-0.05, 0) is 31.0 Å². The molecule has 5 heteroatoms. The second-order valence-electron chi connectivity index (χ2n) is 5.80. The molecule has 0 saturated carbocycles. The first-order valence-corrected chi connectivity index (χ1v) is 8.38. The van der Waals surface area contributed by atoms with Gasteiger partial charge in [0.25, 0.3) is 5.91 Å². The van der Waals surface area contributed by atoms with Gasteiger partial charge in [0, 0.05) is 31.5 Å². The summed E-state index contributed by atoms with van der Waals surface area (Å²) in [5.41, 5.74) is 1.34. The number of likely N-dealkylation sites (tertiary alicyclic amines) is 1. The zero-order valence-corrected chi connectivity index (χ0v) is 14.1. The predicted molar refractivity (Wildman–Crippen MR) is 91.7 cm³/mol. The monoisotopic (exact) mass is 332 g/mol. The van der Waals surface area contributed by atoms with Crippen LogP contribution in [0.2, 0.25) is 5.02 Å². The van der Waals surface area contributed by atoms with Crippen molar-refractivity contribution in [2.24, 2.45) is 0 Å². The number of carbonyl (C=O) groups is 1. The fourth-order valence-electron chi connectivity index (χ4n) is 3.02. The van der Waals surface area contributed by atoms with E-state index in [-0.39, 0.29) is 5.91 Å². The number of amides is 1. The van der Waals surface area contributed by atoms with Gasteiger partial charge in [0.1, 0.15) is 5.75 Å². The van der Waals surface area contributed by atoms with Gasteiger partial charge >= 0.3 is 0 Å². The van der Waals surface area contributed by atoms with E-state index in [0.717, 1.165) is 31.6 Å². The lowest BCUT2D eigenvalue weighted by atomic mass is 10.1. The molecule has 4 nitrogen and oxygen atoms in total. The van der Waals surface area contributed by atoms with Crippen LogP contribution < -0.4 is 4.74 Å². The van der Waals surface area contributed by atoms with E-state index in [1.54, 1.807) is 13.2 Å².